The minimum Gasteiger partial charge on any atom is -0.355 e. The molecule has 3 aromatic rings. The second kappa shape index (κ2) is 13.9. The normalized spacial score (nSPS) is 12.0. The highest BCUT2D eigenvalue weighted by atomic mass is 32.2. The molecule has 0 aromatic heterocycles. The van der Waals surface area contributed by atoms with Crippen LogP contribution < -0.4 is 9.62 Å². The monoisotopic (exact) mass is 553 g/mol. The van der Waals surface area contributed by atoms with Crippen LogP contribution in [-0.2, 0) is 32.6 Å². The molecule has 1 atom stereocenters. The van der Waals surface area contributed by atoms with Gasteiger partial charge in [-0.2, -0.15) is 0 Å². The van der Waals surface area contributed by atoms with Crippen molar-refractivity contribution in [1.29, 1.82) is 0 Å². The first-order chi connectivity index (χ1) is 18.6. The van der Waals surface area contributed by atoms with Crippen LogP contribution in [0.15, 0.2) is 78.9 Å². The number of aryl methyl sites for hydroxylation is 1. The molecule has 0 fully saturated rings. The third-order valence-corrected chi connectivity index (χ3v) is 7.55. The lowest BCUT2D eigenvalue weighted by atomic mass is 10.0. The first-order valence-electron chi connectivity index (χ1n) is 13.0. The number of hydrogen-bond acceptors (Lipinski definition) is 4. The number of likely N-dealkylation sites (N-methyl/N-ethyl adjacent to an activating group) is 1. The van der Waals surface area contributed by atoms with E-state index in [2.05, 4.69) is 5.32 Å². The van der Waals surface area contributed by atoms with Crippen LogP contribution in [0, 0.1) is 12.7 Å². The number of sulfonamides is 1. The number of para-hydroxylation sites is 1. The zero-order valence-corrected chi connectivity index (χ0v) is 23.5. The summed E-state index contributed by atoms with van der Waals surface area (Å²) in [6.45, 7) is 4.36. The van der Waals surface area contributed by atoms with Crippen LogP contribution in [0.5, 0.6) is 0 Å². The van der Waals surface area contributed by atoms with Crippen molar-refractivity contribution >= 4 is 27.5 Å². The average Bonchev–Trinajstić information content (AvgIpc) is 2.90. The number of carbonyl (C=O) groups excluding carboxylic acids is 2. The Hall–Kier alpha value is -3.72. The van der Waals surface area contributed by atoms with Gasteiger partial charge in [0.05, 0.1) is 11.9 Å². The van der Waals surface area contributed by atoms with E-state index in [0.29, 0.717) is 13.0 Å². The quantitative estimate of drug-likeness (QED) is 0.339. The predicted octanol–water partition coefficient (Wildman–Crippen LogP) is 4.46. The van der Waals surface area contributed by atoms with Gasteiger partial charge in [0.25, 0.3) is 0 Å². The van der Waals surface area contributed by atoms with Crippen molar-refractivity contribution < 1.29 is 22.4 Å². The van der Waals surface area contributed by atoms with Crippen molar-refractivity contribution in [2.24, 2.45) is 0 Å². The maximum absolute atomic E-state index is 14.4. The third kappa shape index (κ3) is 8.64. The summed E-state index contributed by atoms with van der Waals surface area (Å²) in [6, 6.07) is 22.1. The maximum atomic E-state index is 14.4. The second-order valence-corrected chi connectivity index (χ2v) is 11.4. The fourth-order valence-corrected chi connectivity index (χ4v) is 5.34. The number of rotatable bonds is 13. The summed E-state index contributed by atoms with van der Waals surface area (Å²) in [5.41, 5.74) is 2.81. The lowest BCUT2D eigenvalue weighted by Gasteiger charge is -2.32. The highest BCUT2D eigenvalue weighted by Crippen LogP contribution is 2.23. The van der Waals surface area contributed by atoms with Gasteiger partial charge in [-0.3, -0.25) is 13.9 Å². The summed E-state index contributed by atoms with van der Waals surface area (Å²) in [4.78, 5) is 28.5. The lowest BCUT2D eigenvalue weighted by molar-refractivity contribution is -0.141. The Morgan fingerprint density at radius 3 is 2.18 bits per heavy atom. The second-order valence-electron chi connectivity index (χ2n) is 9.50. The number of amides is 2. The molecule has 7 nitrogen and oxygen atoms in total. The van der Waals surface area contributed by atoms with Crippen molar-refractivity contribution in [3.8, 4) is 0 Å². The number of nitrogens with one attached hydrogen (secondary N) is 1. The number of carbonyl (C=O) groups is 2. The van der Waals surface area contributed by atoms with Gasteiger partial charge in [-0.15, -0.1) is 0 Å². The number of anilines is 1. The van der Waals surface area contributed by atoms with Gasteiger partial charge in [0.2, 0.25) is 21.8 Å². The van der Waals surface area contributed by atoms with E-state index in [-0.39, 0.29) is 43.4 Å². The topological polar surface area (TPSA) is 86.8 Å². The molecular formula is C30H36FN3O4S. The van der Waals surface area contributed by atoms with Crippen molar-refractivity contribution in [1.82, 2.24) is 10.2 Å². The molecule has 0 saturated carbocycles. The molecule has 3 rings (SSSR count). The first-order valence-corrected chi connectivity index (χ1v) is 14.8. The standard InChI is InChI=1S/C30H36FN3O4S/c1-4-32-30(36)28(21-24-11-6-5-7-12-24)33(22-25-18-16-23(2)17-19-25)29(35)15-10-20-34(39(3,37)38)27-14-9-8-13-26(27)31/h5-9,11-14,16-19,28H,4,10,15,20-22H2,1-3H3,(H,32,36)/t28-/m1/s1. The Balaban J connectivity index is 1.86. The summed E-state index contributed by atoms with van der Waals surface area (Å²) < 4.78 is 40.3. The molecule has 39 heavy (non-hydrogen) atoms. The van der Waals surface area contributed by atoms with Crippen LogP contribution >= 0.6 is 0 Å². The van der Waals surface area contributed by atoms with Gasteiger partial charge < -0.3 is 10.2 Å². The van der Waals surface area contributed by atoms with E-state index < -0.39 is 21.9 Å². The van der Waals surface area contributed by atoms with E-state index in [1.807, 2.05) is 68.4 Å². The molecule has 0 aliphatic carbocycles. The fraction of sp³-hybridized carbons (Fsp3) is 0.333. The van der Waals surface area contributed by atoms with Gasteiger partial charge in [-0.05, 0) is 43.5 Å². The molecular weight excluding hydrogens is 517 g/mol. The zero-order chi connectivity index (χ0) is 28.4. The summed E-state index contributed by atoms with van der Waals surface area (Å²) in [6.07, 6.45) is 1.47. The summed E-state index contributed by atoms with van der Waals surface area (Å²) in [7, 11) is -3.78. The van der Waals surface area contributed by atoms with Crippen LogP contribution in [0.4, 0.5) is 10.1 Å². The van der Waals surface area contributed by atoms with Crippen LogP contribution in [0.3, 0.4) is 0 Å². The Kier molecular flexibility index (Phi) is 10.6. The first kappa shape index (κ1) is 29.8. The van der Waals surface area contributed by atoms with E-state index >= 15 is 0 Å². The van der Waals surface area contributed by atoms with Crippen LogP contribution in [0.2, 0.25) is 0 Å². The molecule has 208 valence electrons. The van der Waals surface area contributed by atoms with Crippen molar-refractivity contribution in [2.75, 3.05) is 23.7 Å². The molecule has 0 heterocycles. The zero-order valence-electron chi connectivity index (χ0n) is 22.6. The number of halogens is 1. The minimum atomic E-state index is -3.78. The molecule has 0 saturated heterocycles. The Morgan fingerprint density at radius 2 is 1.56 bits per heavy atom. The number of hydrogen-bond donors (Lipinski definition) is 1. The SMILES string of the molecule is CCNC(=O)[C@@H](Cc1ccccc1)N(Cc1ccc(C)cc1)C(=O)CCCN(c1ccccc1F)S(C)(=O)=O. The number of nitrogens with zero attached hydrogens (tertiary/aromatic N) is 2. The van der Waals surface area contributed by atoms with Crippen molar-refractivity contribution in [3.63, 3.8) is 0 Å². The molecule has 0 bridgehead atoms. The molecule has 2 amide bonds. The van der Waals surface area contributed by atoms with Gasteiger partial charge in [0, 0.05) is 32.5 Å². The molecule has 9 heteroatoms. The summed E-state index contributed by atoms with van der Waals surface area (Å²) in [5.74, 6) is -1.20. The highest BCUT2D eigenvalue weighted by molar-refractivity contribution is 7.92. The van der Waals surface area contributed by atoms with E-state index in [1.54, 1.807) is 11.0 Å². The third-order valence-electron chi connectivity index (χ3n) is 6.37. The minimum absolute atomic E-state index is 0.0168. The van der Waals surface area contributed by atoms with Gasteiger partial charge >= 0.3 is 0 Å². The summed E-state index contributed by atoms with van der Waals surface area (Å²) >= 11 is 0. The van der Waals surface area contributed by atoms with Crippen molar-refractivity contribution in [3.05, 3.63) is 101 Å². The Labute approximate surface area is 230 Å². The van der Waals surface area contributed by atoms with Gasteiger partial charge in [0.15, 0.2) is 0 Å². The molecule has 1 N–H and O–H groups in total. The lowest BCUT2D eigenvalue weighted by Crippen LogP contribution is -2.50. The number of benzene rings is 3. The Bertz CT molecular complexity index is 1350. The molecule has 3 aromatic carbocycles. The molecule has 0 aliphatic heterocycles. The largest absolute Gasteiger partial charge is 0.355 e. The fourth-order valence-electron chi connectivity index (χ4n) is 4.37. The van der Waals surface area contributed by atoms with Gasteiger partial charge in [-0.25, -0.2) is 12.8 Å². The van der Waals surface area contributed by atoms with Crippen LogP contribution in [0.25, 0.3) is 0 Å². The highest BCUT2D eigenvalue weighted by Gasteiger charge is 2.30. The van der Waals surface area contributed by atoms with Crippen LogP contribution in [0.1, 0.15) is 36.5 Å². The predicted molar refractivity (Wildman–Crippen MR) is 152 cm³/mol. The maximum Gasteiger partial charge on any atom is 0.243 e. The van der Waals surface area contributed by atoms with E-state index in [0.717, 1.165) is 27.3 Å². The van der Waals surface area contributed by atoms with Crippen molar-refractivity contribution in [2.45, 2.75) is 45.7 Å². The molecule has 0 spiro atoms. The van der Waals surface area contributed by atoms with Gasteiger partial charge in [-0.1, -0.05) is 72.3 Å². The molecule has 0 unspecified atom stereocenters. The average molecular weight is 554 g/mol. The van der Waals surface area contributed by atoms with E-state index in [9.17, 15) is 22.4 Å². The van der Waals surface area contributed by atoms with Gasteiger partial charge in [0.1, 0.15) is 11.9 Å². The molecule has 0 radical (unpaired) electrons. The Morgan fingerprint density at radius 1 is 0.923 bits per heavy atom. The molecule has 0 aliphatic rings. The smallest absolute Gasteiger partial charge is 0.243 e. The van der Waals surface area contributed by atoms with E-state index in [1.165, 1.54) is 18.2 Å². The summed E-state index contributed by atoms with van der Waals surface area (Å²) in [5, 5.41) is 2.86. The van der Waals surface area contributed by atoms with E-state index in [4.69, 9.17) is 0 Å². The van der Waals surface area contributed by atoms with Crippen LogP contribution in [-0.4, -0.2) is 50.5 Å².